The summed E-state index contributed by atoms with van der Waals surface area (Å²) in [6, 6.07) is 46.2. The average molecular weight is 1420 g/mol. The summed E-state index contributed by atoms with van der Waals surface area (Å²) in [5, 5.41) is 17.2. The first kappa shape index (κ1) is 77.9. The zero-order valence-corrected chi connectivity index (χ0v) is 59.4. The number of anilines is 2. The maximum atomic E-state index is 13.4. The van der Waals surface area contributed by atoms with E-state index in [4.69, 9.17) is 67.7 Å². The van der Waals surface area contributed by atoms with Gasteiger partial charge in [0.25, 0.3) is 17.0 Å². The quantitative estimate of drug-likeness (QED) is 0.0199. The van der Waals surface area contributed by atoms with E-state index in [0.29, 0.717) is 114 Å². The minimum Gasteiger partial charge on any atom is -0.496 e. The van der Waals surface area contributed by atoms with Crippen LogP contribution in [0.3, 0.4) is 0 Å². The molecule has 2 aliphatic rings. The maximum Gasteiger partial charge on any atom is 0.407 e. The van der Waals surface area contributed by atoms with Crippen LogP contribution in [0.2, 0.25) is 0 Å². The monoisotopic (exact) mass is 1420 g/mol. The third-order valence-electron chi connectivity index (χ3n) is 15.6. The molecule has 0 spiro atoms. The minimum absolute atomic E-state index is 0.0682. The van der Waals surface area contributed by atoms with E-state index in [2.05, 4.69) is 16.0 Å². The second kappa shape index (κ2) is 38.8. The Bertz CT molecular complexity index is 4150. The second-order valence-corrected chi connectivity index (χ2v) is 25.4. The number of carbonyl (C=O) groups excluding carboxylic acids is 3. The third kappa shape index (κ3) is 24.7. The smallest absolute Gasteiger partial charge is 0.407 e. The molecule has 2 unspecified atom stereocenters. The van der Waals surface area contributed by atoms with Crippen LogP contribution in [0.25, 0.3) is 0 Å². The lowest BCUT2D eigenvalue weighted by atomic mass is 10.1. The highest BCUT2D eigenvalue weighted by atomic mass is 16.6. The highest BCUT2D eigenvalue weighted by Crippen LogP contribution is 2.40. The molecule has 25 heteroatoms. The molecule has 0 bridgehead atoms. The molecule has 548 valence electrons. The summed E-state index contributed by atoms with van der Waals surface area (Å²) in [4.78, 5) is 73.1. The predicted molar refractivity (Wildman–Crippen MR) is 388 cm³/mol. The van der Waals surface area contributed by atoms with Gasteiger partial charge in [0.15, 0.2) is 0 Å². The van der Waals surface area contributed by atoms with Gasteiger partial charge in [0.05, 0.1) is 79.2 Å². The van der Waals surface area contributed by atoms with Crippen molar-refractivity contribution in [2.45, 2.75) is 90.5 Å². The first-order valence-corrected chi connectivity index (χ1v) is 33.9. The van der Waals surface area contributed by atoms with Crippen LogP contribution in [0.15, 0.2) is 180 Å². The van der Waals surface area contributed by atoms with Crippen LogP contribution in [0.1, 0.15) is 109 Å². The Kier molecular flexibility index (Phi) is 29.3. The van der Waals surface area contributed by atoms with Crippen molar-refractivity contribution >= 4 is 35.4 Å². The largest absolute Gasteiger partial charge is 0.496 e. The first-order chi connectivity index (χ1) is 49.6. The molecular formula is C78H92N6O19. The number of pyridine rings is 2. The topological polar surface area (TPSA) is 305 Å². The Balaban J connectivity index is 0.000000218. The molecule has 2 heterocycles. The number of nitrogen functional groups attached to an aromatic ring is 1. The van der Waals surface area contributed by atoms with Gasteiger partial charge in [0.1, 0.15) is 81.5 Å². The third-order valence-corrected chi connectivity index (χ3v) is 15.6. The van der Waals surface area contributed by atoms with Gasteiger partial charge in [-0.2, -0.15) is 0 Å². The van der Waals surface area contributed by atoms with Gasteiger partial charge >= 0.3 is 18.2 Å². The summed E-state index contributed by atoms with van der Waals surface area (Å²) >= 11 is 0. The van der Waals surface area contributed by atoms with Crippen molar-refractivity contribution in [3.63, 3.8) is 0 Å². The van der Waals surface area contributed by atoms with Gasteiger partial charge in [-0.25, -0.2) is 14.4 Å². The van der Waals surface area contributed by atoms with Crippen molar-refractivity contribution in [2.24, 2.45) is 0 Å². The van der Waals surface area contributed by atoms with Crippen molar-refractivity contribution in [2.75, 3.05) is 104 Å². The van der Waals surface area contributed by atoms with E-state index >= 15 is 0 Å². The lowest BCUT2D eigenvalue weighted by Gasteiger charge is -2.19. The SMILES string of the molecule is CC(C)(C)OC(=O)NCCOCCOCCOc1ccc(Oc2ccc(N)cc2)cc1.COc1cccc2c1CCC2n1cccc(C(=O)Nc2ccc(Oc3ccc(OCCOCCOCCNC(=O)OC(C)(C)C)cc3)cc2)c1=O.COc1cccc2c1CCC2n1cccc(C(=O)O)c1=O. The molecule has 0 aliphatic heterocycles. The number of carbonyl (C=O) groups is 4. The van der Waals surface area contributed by atoms with Crippen molar-refractivity contribution in [1.29, 1.82) is 0 Å². The van der Waals surface area contributed by atoms with Crippen molar-refractivity contribution in [1.82, 2.24) is 19.8 Å². The molecular weight excluding hydrogens is 1320 g/mol. The number of hydrogen-bond donors (Lipinski definition) is 5. The van der Waals surface area contributed by atoms with E-state index in [-0.39, 0.29) is 28.8 Å². The van der Waals surface area contributed by atoms with E-state index in [0.717, 1.165) is 70.9 Å². The molecule has 103 heavy (non-hydrogen) atoms. The number of amides is 3. The Morgan fingerprint density at radius 1 is 0.466 bits per heavy atom. The summed E-state index contributed by atoms with van der Waals surface area (Å²) < 4.78 is 69.2. The molecule has 0 fully saturated rings. The molecule has 3 amide bonds. The number of benzene rings is 6. The standard InChI is InChI=1S/C39H45N3O9.C23H32N2O6.C16H15NO4/c1-39(2,3)51-38(45)40-20-22-47-23-24-48-25-26-49-28-14-16-30(17-15-28)50-29-12-10-27(11-13-29)41-36(43)33-8-6-21-42(37(33)44)34-19-18-32-31(34)7-5-9-35(32)46-4;1-23(2,3)31-22(26)25-12-13-27-14-15-28-16-17-29-19-8-10-21(11-9-19)30-20-6-4-18(24)5-7-20;1-21-14-6-2-4-10-11(14)7-8-13(10)17-9-3-5-12(15(17)18)16(19)20/h5-17,21,34H,18-20,22-26H2,1-4H3,(H,40,45)(H,41,43);4-11H,12-17,24H2,1-3H3,(H,25,26);2-6,9,13H,7-8H2,1H3,(H,19,20). The molecule has 2 aliphatic carbocycles. The van der Waals surface area contributed by atoms with Gasteiger partial charge in [-0.05, 0) is 223 Å². The van der Waals surface area contributed by atoms with Crippen LogP contribution in [0.5, 0.6) is 46.0 Å². The van der Waals surface area contributed by atoms with Crippen LogP contribution in [0, 0.1) is 0 Å². The van der Waals surface area contributed by atoms with Gasteiger partial charge in [0, 0.05) is 36.9 Å². The first-order valence-electron chi connectivity index (χ1n) is 33.9. The lowest BCUT2D eigenvalue weighted by Crippen LogP contribution is -2.34. The number of nitrogens with two attached hydrogens (primary N) is 1. The zero-order chi connectivity index (χ0) is 73.7. The number of carboxylic acid groups (broad SMARTS) is 1. The Labute approximate surface area is 598 Å². The molecule has 2 atom stereocenters. The van der Waals surface area contributed by atoms with Gasteiger partial charge in [-0.1, -0.05) is 24.3 Å². The maximum absolute atomic E-state index is 13.4. The van der Waals surface area contributed by atoms with Gasteiger partial charge in [-0.15, -0.1) is 0 Å². The summed E-state index contributed by atoms with van der Waals surface area (Å²) in [5.74, 6) is 3.99. The molecule has 2 aromatic heterocycles. The lowest BCUT2D eigenvalue weighted by molar-refractivity contribution is 0.0325. The molecule has 10 rings (SSSR count). The van der Waals surface area contributed by atoms with E-state index < -0.39 is 40.8 Å². The van der Waals surface area contributed by atoms with Crippen molar-refractivity contribution < 1.29 is 81.1 Å². The number of rotatable bonds is 31. The van der Waals surface area contributed by atoms with Crippen molar-refractivity contribution in [3.8, 4) is 46.0 Å². The number of methoxy groups -OCH3 is 2. The molecule has 0 saturated heterocycles. The molecule has 25 nitrogen and oxygen atoms in total. The van der Waals surface area contributed by atoms with E-state index in [9.17, 15) is 28.8 Å². The highest BCUT2D eigenvalue weighted by molar-refractivity contribution is 6.04. The summed E-state index contributed by atoms with van der Waals surface area (Å²) in [6.07, 6.45) is 5.59. The number of carboxylic acids is 1. The minimum atomic E-state index is -1.20. The van der Waals surface area contributed by atoms with Crippen LogP contribution in [0.4, 0.5) is 21.0 Å². The molecule has 6 aromatic carbocycles. The van der Waals surface area contributed by atoms with Crippen molar-refractivity contribution in [3.05, 3.63) is 224 Å². The fourth-order valence-corrected chi connectivity index (χ4v) is 11.0. The average Bonchev–Trinajstić information content (AvgIpc) is 1.69. The fraction of sp³-hybridized carbons (Fsp3) is 0.359. The summed E-state index contributed by atoms with van der Waals surface area (Å²) in [6.45, 7) is 15.7. The number of fused-ring (bicyclic) bond motifs is 2. The number of hydrogen-bond acceptors (Lipinski definition) is 19. The second-order valence-electron chi connectivity index (χ2n) is 25.4. The number of aromatic carboxylic acids is 1. The van der Waals surface area contributed by atoms with Gasteiger partial charge in [-0.3, -0.25) is 14.4 Å². The van der Waals surface area contributed by atoms with E-state index in [1.165, 1.54) is 10.6 Å². The van der Waals surface area contributed by atoms with Crippen LogP contribution in [-0.2, 0) is 41.3 Å². The fourth-order valence-electron chi connectivity index (χ4n) is 11.0. The van der Waals surface area contributed by atoms with Gasteiger partial charge < -0.3 is 92.8 Å². The molecule has 0 radical (unpaired) electrons. The van der Waals surface area contributed by atoms with Gasteiger partial charge in [0.2, 0.25) is 0 Å². The number of aromatic nitrogens is 2. The molecule has 6 N–H and O–H groups in total. The predicted octanol–water partition coefficient (Wildman–Crippen LogP) is 12.5. The Hall–Kier alpha value is -10.9. The summed E-state index contributed by atoms with van der Waals surface area (Å²) in [7, 11) is 3.27. The Morgan fingerprint density at radius 2 is 0.835 bits per heavy atom. The molecule has 8 aromatic rings. The highest BCUT2D eigenvalue weighted by Gasteiger charge is 2.30. The number of nitrogens with one attached hydrogen (secondary N) is 3. The zero-order valence-electron chi connectivity index (χ0n) is 59.4. The van der Waals surface area contributed by atoms with E-state index in [1.54, 1.807) is 110 Å². The number of ether oxygens (including phenoxy) is 12. The van der Waals surface area contributed by atoms with E-state index in [1.807, 2.05) is 114 Å². The van der Waals surface area contributed by atoms with Crippen LogP contribution >= 0.6 is 0 Å². The number of nitrogens with zero attached hydrogens (tertiary/aromatic N) is 2. The Morgan fingerprint density at radius 3 is 1.24 bits per heavy atom. The molecule has 0 saturated carbocycles. The number of alkyl carbamates (subject to hydrolysis) is 2. The normalized spacial score (nSPS) is 13.4. The van der Waals surface area contributed by atoms with Crippen LogP contribution in [-0.4, -0.2) is 143 Å². The van der Waals surface area contributed by atoms with Crippen LogP contribution < -0.4 is 61.2 Å². The summed E-state index contributed by atoms with van der Waals surface area (Å²) in [5.41, 5.74) is 9.17.